The fraction of sp³-hybridized carbons (Fsp3) is 0.138. The largest absolute Gasteiger partial charge is 0.497 e. The Morgan fingerprint density at radius 1 is 1.08 bits per heavy atom. The second kappa shape index (κ2) is 8.77. The van der Waals surface area contributed by atoms with Gasteiger partial charge in [0.2, 0.25) is 0 Å². The van der Waals surface area contributed by atoms with Gasteiger partial charge in [-0.1, -0.05) is 59.9 Å². The number of thiazole rings is 1. The van der Waals surface area contributed by atoms with Gasteiger partial charge in [-0.05, 0) is 65.4 Å². The molecule has 1 aromatic heterocycles. The summed E-state index contributed by atoms with van der Waals surface area (Å²) in [7, 11) is 1.64. The molecule has 0 radical (unpaired) electrons. The lowest BCUT2D eigenvalue weighted by molar-refractivity contribution is 0.0697. The summed E-state index contributed by atoms with van der Waals surface area (Å²) in [5.74, 6) is -0.242. The zero-order valence-electron chi connectivity index (χ0n) is 19.5. The first-order valence-electron chi connectivity index (χ1n) is 11.6. The molecule has 1 atom stereocenters. The van der Waals surface area contributed by atoms with E-state index in [0.717, 1.165) is 46.6 Å². The second-order valence-electron chi connectivity index (χ2n) is 8.82. The Morgan fingerprint density at radius 3 is 2.67 bits per heavy atom. The summed E-state index contributed by atoms with van der Waals surface area (Å²) in [6, 6.07) is 22.4. The average molecular weight is 495 g/mol. The van der Waals surface area contributed by atoms with Gasteiger partial charge in [0.25, 0.3) is 5.56 Å². The van der Waals surface area contributed by atoms with Crippen LogP contribution in [0.3, 0.4) is 0 Å². The van der Waals surface area contributed by atoms with Gasteiger partial charge in [0.15, 0.2) is 4.80 Å². The molecule has 178 valence electrons. The molecule has 2 aliphatic rings. The van der Waals surface area contributed by atoms with Gasteiger partial charge >= 0.3 is 5.97 Å². The van der Waals surface area contributed by atoms with Crippen LogP contribution < -0.4 is 19.6 Å². The lowest BCUT2D eigenvalue weighted by Crippen LogP contribution is -2.38. The highest BCUT2D eigenvalue weighted by molar-refractivity contribution is 7.07. The molecule has 0 fully saturated rings. The van der Waals surface area contributed by atoms with Crippen molar-refractivity contribution in [3.63, 3.8) is 0 Å². The predicted molar refractivity (Wildman–Crippen MR) is 139 cm³/mol. The van der Waals surface area contributed by atoms with Crippen molar-refractivity contribution in [3.05, 3.63) is 126 Å². The van der Waals surface area contributed by atoms with E-state index in [2.05, 4.69) is 18.2 Å². The zero-order chi connectivity index (χ0) is 24.8. The number of benzene rings is 3. The minimum Gasteiger partial charge on any atom is -0.497 e. The van der Waals surface area contributed by atoms with Crippen molar-refractivity contribution in [2.45, 2.75) is 18.9 Å². The smallest absolute Gasteiger partial charge is 0.335 e. The summed E-state index contributed by atoms with van der Waals surface area (Å²) in [6.45, 7) is 0. The van der Waals surface area contributed by atoms with Crippen LogP contribution in [0.15, 0.2) is 88.2 Å². The Hall–Kier alpha value is -4.23. The van der Waals surface area contributed by atoms with E-state index in [1.807, 2.05) is 30.3 Å². The molecule has 6 nitrogen and oxygen atoms in total. The Morgan fingerprint density at radius 2 is 1.89 bits per heavy atom. The SMILES string of the molecule is COc1cccc(C2C3=C(N=c4sc(=Cc5ccc(C(=O)O)cc5)c(=O)n42)c2ccccc2CC3)c1. The molecule has 0 amide bonds. The van der Waals surface area contributed by atoms with Crippen LogP contribution in [0.2, 0.25) is 0 Å². The number of fused-ring (bicyclic) bond motifs is 3. The van der Waals surface area contributed by atoms with Gasteiger partial charge < -0.3 is 9.84 Å². The first-order valence-corrected chi connectivity index (χ1v) is 12.5. The fourth-order valence-electron chi connectivity index (χ4n) is 5.01. The number of nitrogens with zero attached hydrogens (tertiary/aromatic N) is 2. The predicted octanol–water partition coefficient (Wildman–Crippen LogP) is 4.03. The second-order valence-corrected chi connectivity index (χ2v) is 9.83. The van der Waals surface area contributed by atoms with E-state index in [1.165, 1.54) is 16.9 Å². The molecule has 0 bridgehead atoms. The summed E-state index contributed by atoms with van der Waals surface area (Å²) in [6.07, 6.45) is 3.51. The molecule has 1 aliphatic carbocycles. The molecule has 2 heterocycles. The Kier molecular flexibility index (Phi) is 5.42. The summed E-state index contributed by atoms with van der Waals surface area (Å²) < 4.78 is 7.84. The van der Waals surface area contributed by atoms with Crippen LogP contribution in [0.1, 0.15) is 45.1 Å². The Balaban J connectivity index is 1.58. The van der Waals surface area contributed by atoms with E-state index in [1.54, 1.807) is 42.0 Å². The third-order valence-corrected chi connectivity index (χ3v) is 7.72. The zero-order valence-corrected chi connectivity index (χ0v) is 20.3. The number of carbonyl (C=O) groups is 1. The monoisotopic (exact) mass is 494 g/mol. The molecule has 0 saturated heterocycles. The molecule has 6 rings (SSSR count). The number of allylic oxidation sites excluding steroid dienone is 1. The molecule has 1 N–H and O–H groups in total. The van der Waals surface area contributed by atoms with E-state index in [-0.39, 0.29) is 17.2 Å². The third kappa shape index (κ3) is 3.69. The van der Waals surface area contributed by atoms with Crippen LogP contribution in [-0.4, -0.2) is 22.8 Å². The van der Waals surface area contributed by atoms with E-state index in [0.29, 0.717) is 9.33 Å². The molecule has 0 saturated carbocycles. The first-order chi connectivity index (χ1) is 17.5. The van der Waals surface area contributed by atoms with Crippen molar-refractivity contribution in [2.75, 3.05) is 7.11 Å². The number of methoxy groups -OCH3 is 1. The molecular formula is C29H22N2O4S. The van der Waals surface area contributed by atoms with E-state index in [4.69, 9.17) is 9.73 Å². The lowest BCUT2D eigenvalue weighted by atomic mass is 9.83. The average Bonchev–Trinajstić information content (AvgIpc) is 3.22. The van der Waals surface area contributed by atoms with Crippen LogP contribution >= 0.6 is 11.3 Å². The van der Waals surface area contributed by atoms with Crippen LogP contribution in [0.25, 0.3) is 11.8 Å². The Labute approximate surface area is 210 Å². The van der Waals surface area contributed by atoms with Crippen molar-refractivity contribution < 1.29 is 14.6 Å². The van der Waals surface area contributed by atoms with Crippen LogP contribution in [0, 0.1) is 0 Å². The standard InChI is InChI=1S/C29H22N2O4S/c1-35-21-7-4-6-20(16-21)26-23-14-13-18-5-2-3-8-22(18)25(23)30-29-31(26)27(32)24(36-29)15-17-9-11-19(12-10-17)28(33)34/h2-12,15-16,26H,13-14H2,1H3,(H,33,34). The maximum atomic E-state index is 13.8. The van der Waals surface area contributed by atoms with Gasteiger partial charge in [-0.3, -0.25) is 9.36 Å². The number of carboxylic acid groups (broad SMARTS) is 1. The highest BCUT2D eigenvalue weighted by atomic mass is 32.1. The molecule has 1 unspecified atom stereocenters. The number of hydrogen-bond acceptors (Lipinski definition) is 5. The lowest BCUT2D eigenvalue weighted by Gasteiger charge is -2.31. The molecule has 3 aromatic carbocycles. The van der Waals surface area contributed by atoms with Crippen LogP contribution in [0.4, 0.5) is 0 Å². The van der Waals surface area contributed by atoms with Gasteiger partial charge in [-0.2, -0.15) is 0 Å². The molecule has 4 aromatic rings. The molecule has 0 spiro atoms. The number of hydrogen-bond donors (Lipinski definition) is 1. The molecule has 1 aliphatic heterocycles. The van der Waals surface area contributed by atoms with Crippen molar-refractivity contribution in [1.29, 1.82) is 0 Å². The van der Waals surface area contributed by atoms with Gasteiger partial charge in [-0.25, -0.2) is 9.79 Å². The minimum absolute atomic E-state index is 0.112. The molecular weight excluding hydrogens is 472 g/mol. The Bertz CT molecular complexity index is 1730. The maximum absolute atomic E-state index is 13.8. The van der Waals surface area contributed by atoms with Crippen molar-refractivity contribution >= 4 is 29.1 Å². The summed E-state index contributed by atoms with van der Waals surface area (Å²) in [4.78, 5) is 30.7. The highest BCUT2D eigenvalue weighted by Crippen LogP contribution is 2.41. The van der Waals surface area contributed by atoms with Crippen molar-refractivity contribution in [2.24, 2.45) is 4.99 Å². The van der Waals surface area contributed by atoms with Gasteiger partial charge in [0.05, 0.1) is 28.9 Å². The summed E-state index contributed by atoms with van der Waals surface area (Å²) >= 11 is 1.35. The number of rotatable bonds is 4. The minimum atomic E-state index is -0.981. The topological polar surface area (TPSA) is 80.9 Å². The number of carboxylic acids is 1. The molecule has 7 heteroatoms. The van der Waals surface area contributed by atoms with E-state index >= 15 is 0 Å². The van der Waals surface area contributed by atoms with Crippen LogP contribution in [-0.2, 0) is 6.42 Å². The molecule has 36 heavy (non-hydrogen) atoms. The fourth-order valence-corrected chi connectivity index (χ4v) is 6.01. The van der Waals surface area contributed by atoms with E-state index in [9.17, 15) is 14.7 Å². The quantitative estimate of drug-likeness (QED) is 0.465. The summed E-state index contributed by atoms with van der Waals surface area (Å²) in [5, 5.41) is 9.18. The number of aromatic carboxylic acids is 1. The number of aromatic nitrogens is 1. The number of ether oxygens (including phenoxy) is 1. The van der Waals surface area contributed by atoms with E-state index < -0.39 is 5.97 Å². The maximum Gasteiger partial charge on any atom is 0.335 e. The van der Waals surface area contributed by atoms with Crippen molar-refractivity contribution in [3.8, 4) is 5.75 Å². The highest BCUT2D eigenvalue weighted by Gasteiger charge is 2.32. The van der Waals surface area contributed by atoms with Gasteiger partial charge in [0, 0.05) is 5.56 Å². The van der Waals surface area contributed by atoms with Gasteiger partial charge in [-0.15, -0.1) is 0 Å². The summed E-state index contributed by atoms with van der Waals surface area (Å²) in [5.41, 5.74) is 6.30. The first kappa shape index (κ1) is 22.2. The number of aryl methyl sites for hydroxylation is 1. The van der Waals surface area contributed by atoms with Crippen LogP contribution in [0.5, 0.6) is 5.75 Å². The van der Waals surface area contributed by atoms with Gasteiger partial charge in [0.1, 0.15) is 5.75 Å². The van der Waals surface area contributed by atoms with Crippen molar-refractivity contribution in [1.82, 2.24) is 4.57 Å². The third-order valence-electron chi connectivity index (χ3n) is 6.74. The normalized spacial score (nSPS) is 16.6.